The summed E-state index contributed by atoms with van der Waals surface area (Å²) in [5.74, 6) is 0. The van der Waals surface area contributed by atoms with Gasteiger partial charge < -0.3 is 4.55 Å². The number of benzene rings is 1. The van der Waals surface area contributed by atoms with E-state index in [9.17, 15) is 18.9 Å². The van der Waals surface area contributed by atoms with Crippen molar-refractivity contribution in [1.29, 1.82) is 0 Å². The fraction of sp³-hybridized carbons (Fsp3) is 0. The summed E-state index contributed by atoms with van der Waals surface area (Å²) in [4.78, 5) is 9.46. The summed E-state index contributed by atoms with van der Waals surface area (Å²) in [5.41, 5.74) is -0.225. The van der Waals surface area contributed by atoms with Gasteiger partial charge in [0.25, 0.3) is 5.69 Å². The summed E-state index contributed by atoms with van der Waals surface area (Å²) in [6, 6.07) is 4.85. The minimum absolute atomic E-state index is 0. The molecular weight excluding hydrogens is 205 g/mol. The van der Waals surface area contributed by atoms with E-state index in [-0.39, 0.29) is 40.1 Å². The second kappa shape index (κ2) is 5.46. The molecule has 13 heavy (non-hydrogen) atoms. The maximum absolute atomic E-state index is 10.4. The monoisotopic (exact) mass is 209 g/mol. The van der Waals surface area contributed by atoms with E-state index in [2.05, 4.69) is 0 Å². The van der Waals surface area contributed by atoms with Crippen LogP contribution in [0.1, 0.15) is 0 Å². The summed E-state index contributed by atoms with van der Waals surface area (Å²) in [6.45, 7) is 0. The van der Waals surface area contributed by atoms with Crippen LogP contribution in [-0.2, 0) is 11.1 Å². The van der Waals surface area contributed by atoms with Crippen LogP contribution in [0.3, 0.4) is 0 Å². The van der Waals surface area contributed by atoms with E-state index in [4.69, 9.17) is 0 Å². The summed E-state index contributed by atoms with van der Waals surface area (Å²) in [5, 5.41) is 10.2. The topological polar surface area (TPSA) is 83.3 Å². The first-order chi connectivity index (χ1) is 5.61. The SMILES string of the molecule is O=[N+]([O-])c1cccc(S(=O)[O-])c1.[Na+]. The molecule has 0 aliphatic carbocycles. The molecule has 0 aliphatic heterocycles. The maximum Gasteiger partial charge on any atom is 1.00 e. The maximum atomic E-state index is 10.4. The second-order valence-electron chi connectivity index (χ2n) is 1.99. The summed E-state index contributed by atoms with van der Waals surface area (Å²) >= 11 is -2.41. The van der Waals surface area contributed by atoms with Crippen LogP contribution in [0.5, 0.6) is 0 Å². The van der Waals surface area contributed by atoms with Gasteiger partial charge in [0.05, 0.1) is 4.92 Å². The van der Waals surface area contributed by atoms with Gasteiger partial charge >= 0.3 is 29.6 Å². The van der Waals surface area contributed by atoms with Crippen LogP contribution in [0, 0.1) is 10.1 Å². The predicted molar refractivity (Wildman–Crippen MR) is 40.3 cm³/mol. The van der Waals surface area contributed by atoms with Crippen molar-refractivity contribution in [3.8, 4) is 0 Å². The molecule has 1 aromatic carbocycles. The second-order valence-corrected chi connectivity index (χ2v) is 2.93. The first-order valence-corrected chi connectivity index (χ1v) is 4.02. The Morgan fingerprint density at radius 3 is 2.46 bits per heavy atom. The Kier molecular flexibility index (Phi) is 5.34. The van der Waals surface area contributed by atoms with E-state index in [1.807, 2.05) is 0 Å². The molecule has 1 aromatic rings. The third-order valence-electron chi connectivity index (χ3n) is 1.22. The smallest absolute Gasteiger partial charge is 0.768 e. The van der Waals surface area contributed by atoms with Crippen LogP contribution < -0.4 is 29.6 Å². The summed E-state index contributed by atoms with van der Waals surface area (Å²) < 4.78 is 20.7. The zero-order chi connectivity index (χ0) is 9.14. The Balaban J connectivity index is 0.00000144. The number of rotatable bonds is 2. The largest absolute Gasteiger partial charge is 1.00 e. The molecule has 1 unspecified atom stereocenters. The average molecular weight is 209 g/mol. The fourth-order valence-electron chi connectivity index (χ4n) is 0.701. The molecule has 0 amide bonds. The molecule has 0 aliphatic rings. The third-order valence-corrected chi connectivity index (χ3v) is 1.86. The van der Waals surface area contributed by atoms with Crippen molar-refractivity contribution in [3.05, 3.63) is 34.4 Å². The predicted octanol–water partition coefficient (Wildman–Crippen LogP) is -2.16. The minimum Gasteiger partial charge on any atom is -0.768 e. The van der Waals surface area contributed by atoms with Gasteiger partial charge in [0, 0.05) is 17.0 Å². The van der Waals surface area contributed by atoms with E-state index in [0.29, 0.717) is 0 Å². The molecule has 64 valence electrons. The van der Waals surface area contributed by atoms with Gasteiger partial charge in [0.1, 0.15) is 0 Å². The number of nitro groups is 1. The number of nitrogens with zero attached hydrogens (tertiary/aromatic N) is 1. The van der Waals surface area contributed by atoms with Gasteiger partial charge in [-0.1, -0.05) is 6.07 Å². The molecular formula is C6H4NNaO4S. The first-order valence-electron chi connectivity index (χ1n) is 2.95. The van der Waals surface area contributed by atoms with Crippen molar-refractivity contribution in [3.63, 3.8) is 0 Å². The standard InChI is InChI=1S/C6H5NO4S.Na/c8-7(9)5-2-1-3-6(4-5)12(10)11;/h1-4H,(H,10,11);/q;+1/p-1. The molecule has 0 bridgehead atoms. The van der Waals surface area contributed by atoms with E-state index in [1.165, 1.54) is 18.2 Å². The number of hydrogen-bond donors (Lipinski definition) is 0. The third kappa shape index (κ3) is 3.53. The molecule has 5 nitrogen and oxygen atoms in total. The Bertz CT molecular complexity index is 314. The van der Waals surface area contributed by atoms with Gasteiger partial charge in [-0.05, 0) is 17.1 Å². The molecule has 1 rings (SSSR count). The molecule has 0 aromatic heterocycles. The Hall–Kier alpha value is -0.270. The molecule has 0 N–H and O–H groups in total. The molecule has 0 spiro atoms. The summed E-state index contributed by atoms with van der Waals surface area (Å²) in [6.07, 6.45) is 0. The molecule has 0 saturated heterocycles. The Labute approximate surface area is 98.9 Å². The van der Waals surface area contributed by atoms with Crippen LogP contribution in [-0.4, -0.2) is 13.7 Å². The zero-order valence-corrected chi connectivity index (χ0v) is 9.61. The summed E-state index contributed by atoms with van der Waals surface area (Å²) in [7, 11) is 0. The van der Waals surface area contributed by atoms with E-state index < -0.39 is 16.0 Å². The zero-order valence-electron chi connectivity index (χ0n) is 6.80. The normalized spacial score (nSPS) is 11.5. The first kappa shape index (κ1) is 12.7. The van der Waals surface area contributed by atoms with Gasteiger partial charge in [-0.2, -0.15) is 0 Å². The van der Waals surface area contributed by atoms with Crippen LogP contribution >= 0.6 is 0 Å². The van der Waals surface area contributed by atoms with E-state index in [0.717, 1.165) is 6.07 Å². The van der Waals surface area contributed by atoms with Crippen LogP contribution in [0.25, 0.3) is 0 Å². The molecule has 1 atom stereocenters. The van der Waals surface area contributed by atoms with E-state index >= 15 is 0 Å². The Morgan fingerprint density at radius 2 is 2.00 bits per heavy atom. The van der Waals surface area contributed by atoms with Crippen LogP contribution in [0.2, 0.25) is 0 Å². The van der Waals surface area contributed by atoms with Crippen molar-refractivity contribution in [2.24, 2.45) is 0 Å². The van der Waals surface area contributed by atoms with Crippen molar-refractivity contribution >= 4 is 16.8 Å². The average Bonchev–Trinajstić information content (AvgIpc) is 2.04. The van der Waals surface area contributed by atoms with Gasteiger partial charge in [-0.3, -0.25) is 14.3 Å². The van der Waals surface area contributed by atoms with E-state index in [1.54, 1.807) is 0 Å². The van der Waals surface area contributed by atoms with Gasteiger partial charge in [0.2, 0.25) is 0 Å². The Morgan fingerprint density at radius 1 is 1.38 bits per heavy atom. The number of nitro benzene ring substituents is 1. The molecule has 0 radical (unpaired) electrons. The number of hydrogen-bond acceptors (Lipinski definition) is 4. The van der Waals surface area contributed by atoms with Gasteiger partial charge in [-0.25, -0.2) is 0 Å². The minimum atomic E-state index is -2.41. The van der Waals surface area contributed by atoms with Crippen molar-refractivity contribution in [2.75, 3.05) is 0 Å². The van der Waals surface area contributed by atoms with Crippen LogP contribution in [0.4, 0.5) is 5.69 Å². The van der Waals surface area contributed by atoms with Crippen molar-refractivity contribution in [2.45, 2.75) is 4.90 Å². The van der Waals surface area contributed by atoms with Crippen LogP contribution in [0.15, 0.2) is 29.2 Å². The molecule has 0 saturated carbocycles. The number of non-ortho nitro benzene ring substituents is 1. The molecule has 0 heterocycles. The fourth-order valence-corrected chi connectivity index (χ4v) is 1.11. The molecule has 7 heteroatoms. The molecule has 0 fully saturated rings. The van der Waals surface area contributed by atoms with Gasteiger partial charge in [0.15, 0.2) is 0 Å². The quantitative estimate of drug-likeness (QED) is 0.240. The van der Waals surface area contributed by atoms with Crippen molar-refractivity contribution < 1.29 is 43.2 Å². The van der Waals surface area contributed by atoms with Crippen molar-refractivity contribution in [1.82, 2.24) is 0 Å². The van der Waals surface area contributed by atoms with Gasteiger partial charge in [-0.15, -0.1) is 0 Å².